The van der Waals surface area contributed by atoms with Gasteiger partial charge in [-0.2, -0.15) is 0 Å². The molecular weight excluding hydrogens is 266 g/mol. The van der Waals surface area contributed by atoms with E-state index in [-0.39, 0.29) is 18.0 Å². The smallest absolute Gasteiger partial charge is 0.319 e. The predicted molar refractivity (Wildman–Crippen MR) is 85.3 cm³/mol. The molecule has 1 rings (SSSR count). The first-order valence-electron chi connectivity index (χ1n) is 6.94. The fourth-order valence-electron chi connectivity index (χ4n) is 1.67. The number of hydrogen-bond donors (Lipinski definition) is 3. The van der Waals surface area contributed by atoms with Gasteiger partial charge in [0.05, 0.1) is 6.42 Å². The van der Waals surface area contributed by atoms with Crippen molar-refractivity contribution in [1.82, 2.24) is 10.6 Å². The second-order valence-corrected chi connectivity index (χ2v) is 5.36. The van der Waals surface area contributed by atoms with Crippen molar-refractivity contribution in [2.75, 3.05) is 11.9 Å². The molecule has 0 aliphatic carbocycles. The standard InChI is InChI=1S/C16H23N3O2/c1-11(2)10-17-16(21)19-14-7-5-13(6-8-14)9-15(20)18-12(3)4/h5-8,12H,1,9-10H2,2-4H3,(H,18,20)(H2,17,19,21). The van der Waals surface area contributed by atoms with Crippen LogP contribution in [-0.4, -0.2) is 24.5 Å². The summed E-state index contributed by atoms with van der Waals surface area (Å²) in [6.45, 7) is 9.85. The Labute approximate surface area is 125 Å². The molecule has 3 amide bonds. The Balaban J connectivity index is 2.48. The second-order valence-electron chi connectivity index (χ2n) is 5.36. The van der Waals surface area contributed by atoms with Crippen LogP contribution in [0.2, 0.25) is 0 Å². The highest BCUT2D eigenvalue weighted by Gasteiger charge is 2.05. The highest BCUT2D eigenvalue weighted by atomic mass is 16.2. The molecule has 0 aliphatic heterocycles. The second kappa shape index (κ2) is 8.09. The van der Waals surface area contributed by atoms with E-state index in [1.54, 1.807) is 12.1 Å². The molecule has 21 heavy (non-hydrogen) atoms. The van der Waals surface area contributed by atoms with E-state index in [9.17, 15) is 9.59 Å². The lowest BCUT2D eigenvalue weighted by Crippen LogP contribution is -2.31. The van der Waals surface area contributed by atoms with Gasteiger partial charge in [0, 0.05) is 18.3 Å². The topological polar surface area (TPSA) is 70.2 Å². The third-order valence-corrected chi connectivity index (χ3v) is 2.58. The lowest BCUT2D eigenvalue weighted by molar-refractivity contribution is -0.120. The first kappa shape index (κ1) is 16.8. The summed E-state index contributed by atoms with van der Waals surface area (Å²) in [6, 6.07) is 7.07. The highest BCUT2D eigenvalue weighted by molar-refractivity contribution is 5.89. The molecule has 0 saturated carbocycles. The molecule has 0 fully saturated rings. The minimum Gasteiger partial charge on any atom is -0.354 e. The zero-order valence-corrected chi connectivity index (χ0v) is 12.8. The Morgan fingerprint density at radius 1 is 1.19 bits per heavy atom. The van der Waals surface area contributed by atoms with Gasteiger partial charge in [-0.05, 0) is 38.5 Å². The summed E-state index contributed by atoms with van der Waals surface area (Å²) < 4.78 is 0. The van der Waals surface area contributed by atoms with Crippen LogP contribution in [0.1, 0.15) is 26.3 Å². The van der Waals surface area contributed by atoms with Gasteiger partial charge in [0.25, 0.3) is 0 Å². The normalized spacial score (nSPS) is 10.1. The molecule has 0 unspecified atom stereocenters. The van der Waals surface area contributed by atoms with Crippen LogP contribution >= 0.6 is 0 Å². The number of urea groups is 1. The molecule has 0 bridgehead atoms. The molecule has 3 N–H and O–H groups in total. The van der Waals surface area contributed by atoms with Gasteiger partial charge in [-0.15, -0.1) is 0 Å². The number of anilines is 1. The van der Waals surface area contributed by atoms with E-state index in [2.05, 4.69) is 22.5 Å². The van der Waals surface area contributed by atoms with Gasteiger partial charge < -0.3 is 16.0 Å². The number of nitrogens with one attached hydrogen (secondary N) is 3. The summed E-state index contributed by atoms with van der Waals surface area (Å²) in [5, 5.41) is 8.24. The molecule has 5 nitrogen and oxygen atoms in total. The van der Waals surface area contributed by atoms with Crippen molar-refractivity contribution in [3.05, 3.63) is 42.0 Å². The largest absolute Gasteiger partial charge is 0.354 e. The zero-order valence-electron chi connectivity index (χ0n) is 12.8. The average Bonchev–Trinajstić information content (AvgIpc) is 2.37. The monoisotopic (exact) mass is 289 g/mol. The van der Waals surface area contributed by atoms with Crippen LogP contribution in [0.15, 0.2) is 36.4 Å². The molecule has 0 heterocycles. The van der Waals surface area contributed by atoms with Crippen molar-refractivity contribution in [1.29, 1.82) is 0 Å². The summed E-state index contributed by atoms with van der Waals surface area (Å²) in [7, 11) is 0. The summed E-state index contributed by atoms with van der Waals surface area (Å²) in [5.74, 6) is -0.00934. The van der Waals surface area contributed by atoms with Gasteiger partial charge in [0.1, 0.15) is 0 Å². The zero-order chi connectivity index (χ0) is 15.8. The van der Waals surface area contributed by atoms with E-state index < -0.39 is 0 Å². The van der Waals surface area contributed by atoms with E-state index in [4.69, 9.17) is 0 Å². The minimum absolute atomic E-state index is 0.00934. The molecule has 0 radical (unpaired) electrons. The fourth-order valence-corrected chi connectivity index (χ4v) is 1.67. The molecule has 0 aromatic heterocycles. The maximum Gasteiger partial charge on any atom is 0.319 e. The van der Waals surface area contributed by atoms with Gasteiger partial charge in [-0.25, -0.2) is 4.79 Å². The molecule has 1 aromatic rings. The predicted octanol–water partition coefficient (Wildman–Crippen LogP) is 2.45. The summed E-state index contributed by atoms with van der Waals surface area (Å²) in [6.07, 6.45) is 0.334. The molecule has 0 atom stereocenters. The molecule has 0 spiro atoms. The highest BCUT2D eigenvalue weighted by Crippen LogP contribution is 2.10. The van der Waals surface area contributed by atoms with E-state index in [1.807, 2.05) is 32.9 Å². The fraction of sp³-hybridized carbons (Fsp3) is 0.375. The van der Waals surface area contributed by atoms with E-state index in [0.29, 0.717) is 18.7 Å². The average molecular weight is 289 g/mol. The molecule has 114 valence electrons. The van der Waals surface area contributed by atoms with Crippen LogP contribution in [0.25, 0.3) is 0 Å². The minimum atomic E-state index is -0.275. The molecular formula is C16H23N3O2. The number of benzene rings is 1. The van der Waals surface area contributed by atoms with Gasteiger partial charge in [-0.1, -0.05) is 24.3 Å². The molecule has 0 saturated heterocycles. The number of carbonyl (C=O) groups is 2. The molecule has 1 aromatic carbocycles. The van der Waals surface area contributed by atoms with Gasteiger partial charge in [-0.3, -0.25) is 4.79 Å². The van der Waals surface area contributed by atoms with Crippen LogP contribution < -0.4 is 16.0 Å². The number of carbonyl (C=O) groups excluding carboxylic acids is 2. The lowest BCUT2D eigenvalue weighted by Gasteiger charge is -2.10. The van der Waals surface area contributed by atoms with Gasteiger partial charge in [0.2, 0.25) is 5.91 Å². The van der Waals surface area contributed by atoms with Gasteiger partial charge >= 0.3 is 6.03 Å². The van der Waals surface area contributed by atoms with Crippen LogP contribution in [0, 0.1) is 0 Å². The quantitative estimate of drug-likeness (QED) is 0.704. The number of hydrogen-bond acceptors (Lipinski definition) is 2. The van der Waals surface area contributed by atoms with Crippen LogP contribution in [0.4, 0.5) is 10.5 Å². The molecule has 5 heteroatoms. The Hall–Kier alpha value is -2.30. The molecule has 0 aliphatic rings. The third-order valence-electron chi connectivity index (χ3n) is 2.58. The Morgan fingerprint density at radius 3 is 2.33 bits per heavy atom. The Morgan fingerprint density at radius 2 is 1.81 bits per heavy atom. The van der Waals surface area contributed by atoms with Crippen LogP contribution in [0.3, 0.4) is 0 Å². The maximum absolute atomic E-state index is 11.6. The van der Waals surface area contributed by atoms with Crippen molar-refractivity contribution in [2.24, 2.45) is 0 Å². The summed E-state index contributed by atoms with van der Waals surface area (Å²) in [4.78, 5) is 23.2. The SMILES string of the molecule is C=C(C)CNC(=O)Nc1ccc(CC(=O)NC(C)C)cc1. The van der Waals surface area contributed by atoms with Crippen molar-refractivity contribution in [3.8, 4) is 0 Å². The third kappa shape index (κ3) is 7.15. The maximum atomic E-state index is 11.6. The van der Waals surface area contributed by atoms with Gasteiger partial charge in [0.15, 0.2) is 0 Å². The summed E-state index contributed by atoms with van der Waals surface area (Å²) in [5.41, 5.74) is 2.47. The van der Waals surface area contributed by atoms with E-state index in [0.717, 1.165) is 11.1 Å². The van der Waals surface area contributed by atoms with Crippen molar-refractivity contribution >= 4 is 17.6 Å². The number of rotatable bonds is 6. The van der Waals surface area contributed by atoms with Crippen molar-refractivity contribution < 1.29 is 9.59 Å². The van der Waals surface area contributed by atoms with Crippen LogP contribution in [0.5, 0.6) is 0 Å². The first-order valence-corrected chi connectivity index (χ1v) is 6.94. The number of amides is 3. The van der Waals surface area contributed by atoms with Crippen molar-refractivity contribution in [3.63, 3.8) is 0 Å². The lowest BCUT2D eigenvalue weighted by atomic mass is 10.1. The van der Waals surface area contributed by atoms with Crippen molar-refractivity contribution in [2.45, 2.75) is 33.2 Å². The first-order chi connectivity index (χ1) is 9.86. The van der Waals surface area contributed by atoms with E-state index in [1.165, 1.54) is 0 Å². The van der Waals surface area contributed by atoms with Crippen LogP contribution in [-0.2, 0) is 11.2 Å². The summed E-state index contributed by atoms with van der Waals surface area (Å²) >= 11 is 0. The Kier molecular flexibility index (Phi) is 6.46. The van der Waals surface area contributed by atoms with E-state index >= 15 is 0 Å². The Bertz CT molecular complexity index is 507.